The smallest absolute Gasteiger partial charge is 0.337 e. The fourth-order valence-electron chi connectivity index (χ4n) is 3.49. The van der Waals surface area contributed by atoms with Crippen molar-refractivity contribution in [2.75, 3.05) is 26.2 Å². The molecule has 3 aromatic rings. The van der Waals surface area contributed by atoms with E-state index in [4.69, 9.17) is 4.52 Å². The highest BCUT2D eigenvalue weighted by atomic mass is 32.1. The number of carbonyl (C=O) groups is 1. The molecule has 0 N–H and O–H groups in total. The molecule has 0 radical (unpaired) electrons. The van der Waals surface area contributed by atoms with E-state index in [2.05, 4.69) is 15.0 Å². The molecule has 0 saturated carbocycles. The van der Waals surface area contributed by atoms with Crippen LogP contribution in [0.3, 0.4) is 0 Å². The fourth-order valence-corrected chi connectivity index (χ4v) is 4.11. The topological polar surface area (TPSA) is 62.5 Å². The minimum absolute atomic E-state index is 0.0321. The quantitative estimate of drug-likeness (QED) is 0.513. The first-order valence-electron chi connectivity index (χ1n) is 10.1. The number of halogens is 3. The molecule has 3 heterocycles. The number of hydrogen-bond donors (Lipinski definition) is 0. The van der Waals surface area contributed by atoms with Crippen molar-refractivity contribution in [2.45, 2.75) is 19.1 Å². The summed E-state index contributed by atoms with van der Waals surface area (Å²) in [6, 6.07) is 8.51. The SMILES string of the molecule is CC(c1nc(-c2cccc(C(F)(F)F)c2)no1)N1CCN(C(=O)/C=C/c2cccs2)CC1. The number of rotatable bonds is 5. The summed E-state index contributed by atoms with van der Waals surface area (Å²) in [6.45, 7) is 4.28. The molecule has 1 unspecified atom stereocenters. The van der Waals surface area contributed by atoms with Crippen molar-refractivity contribution in [1.82, 2.24) is 19.9 Å². The summed E-state index contributed by atoms with van der Waals surface area (Å²) in [5, 5.41) is 5.82. The number of nitrogens with zero attached hydrogens (tertiary/aromatic N) is 4. The lowest BCUT2D eigenvalue weighted by Gasteiger charge is -2.36. The molecule has 2 aromatic heterocycles. The summed E-state index contributed by atoms with van der Waals surface area (Å²) in [7, 11) is 0. The molecule has 1 aliphatic rings. The molecule has 10 heteroatoms. The molecular formula is C22H21F3N4O2S. The third kappa shape index (κ3) is 5.08. The lowest BCUT2D eigenvalue weighted by Crippen LogP contribution is -2.48. The second kappa shape index (κ2) is 9.25. The highest BCUT2D eigenvalue weighted by molar-refractivity contribution is 7.10. The number of thiophene rings is 1. The van der Waals surface area contributed by atoms with Gasteiger partial charge in [0.05, 0.1) is 11.6 Å². The number of carbonyl (C=O) groups excluding carboxylic acids is 1. The van der Waals surface area contributed by atoms with Gasteiger partial charge >= 0.3 is 6.18 Å². The van der Waals surface area contributed by atoms with Crippen molar-refractivity contribution >= 4 is 23.3 Å². The van der Waals surface area contributed by atoms with Gasteiger partial charge in [-0.2, -0.15) is 18.2 Å². The number of amides is 1. The van der Waals surface area contributed by atoms with Crippen molar-refractivity contribution in [3.63, 3.8) is 0 Å². The number of aromatic nitrogens is 2. The summed E-state index contributed by atoms with van der Waals surface area (Å²) >= 11 is 1.57. The lowest BCUT2D eigenvalue weighted by molar-refractivity contribution is -0.137. The Morgan fingerprint density at radius 3 is 2.66 bits per heavy atom. The Bertz CT molecular complexity index is 1090. The molecule has 168 valence electrons. The van der Waals surface area contributed by atoms with E-state index in [1.54, 1.807) is 22.3 Å². The predicted molar refractivity (Wildman–Crippen MR) is 115 cm³/mol. The molecule has 1 atom stereocenters. The van der Waals surface area contributed by atoms with Crippen LogP contribution in [-0.4, -0.2) is 52.0 Å². The molecular weight excluding hydrogens is 441 g/mol. The van der Waals surface area contributed by atoms with Crippen molar-refractivity contribution in [2.24, 2.45) is 0 Å². The van der Waals surface area contributed by atoms with Gasteiger partial charge in [-0.25, -0.2) is 0 Å². The molecule has 0 aliphatic carbocycles. The monoisotopic (exact) mass is 462 g/mol. The fraction of sp³-hybridized carbons (Fsp3) is 0.318. The van der Waals surface area contributed by atoms with Gasteiger partial charge in [0.2, 0.25) is 17.6 Å². The van der Waals surface area contributed by atoms with E-state index in [1.807, 2.05) is 30.5 Å². The Hall–Kier alpha value is -2.98. The summed E-state index contributed by atoms with van der Waals surface area (Å²) < 4.78 is 44.2. The lowest BCUT2D eigenvalue weighted by atomic mass is 10.1. The first-order chi connectivity index (χ1) is 15.3. The van der Waals surface area contributed by atoms with Gasteiger partial charge in [0.25, 0.3) is 0 Å². The number of hydrogen-bond acceptors (Lipinski definition) is 6. The van der Waals surface area contributed by atoms with Crippen LogP contribution in [0.25, 0.3) is 17.5 Å². The standard InChI is InChI=1S/C22H21F3N4O2S/c1-15(21-26-20(27-31-21)16-4-2-5-17(14-16)22(23,24)25)28-9-11-29(12-10-28)19(30)8-7-18-6-3-13-32-18/h2-8,13-15H,9-12H2,1H3/b8-7+. The van der Waals surface area contributed by atoms with Gasteiger partial charge in [0, 0.05) is 42.7 Å². The summed E-state index contributed by atoms with van der Waals surface area (Å²) in [6.07, 6.45) is -1.04. The van der Waals surface area contributed by atoms with Gasteiger partial charge in [-0.1, -0.05) is 23.4 Å². The summed E-state index contributed by atoms with van der Waals surface area (Å²) in [5.41, 5.74) is -0.515. The Kier molecular flexibility index (Phi) is 6.43. The summed E-state index contributed by atoms with van der Waals surface area (Å²) in [4.78, 5) is 21.6. The second-order valence-corrected chi connectivity index (χ2v) is 8.40. The van der Waals surface area contributed by atoms with Gasteiger partial charge in [0.15, 0.2) is 0 Å². The maximum atomic E-state index is 13.0. The molecule has 1 amide bonds. The molecule has 1 aliphatic heterocycles. The van der Waals surface area contributed by atoms with E-state index in [-0.39, 0.29) is 23.3 Å². The van der Waals surface area contributed by atoms with Gasteiger partial charge < -0.3 is 9.42 Å². The van der Waals surface area contributed by atoms with Gasteiger partial charge in [-0.3, -0.25) is 9.69 Å². The number of benzene rings is 1. The third-order valence-electron chi connectivity index (χ3n) is 5.35. The molecule has 4 rings (SSSR count). The van der Waals surface area contributed by atoms with E-state index in [1.165, 1.54) is 12.1 Å². The molecule has 6 nitrogen and oxygen atoms in total. The Morgan fingerprint density at radius 1 is 1.19 bits per heavy atom. The van der Waals surface area contributed by atoms with Gasteiger partial charge in [-0.05, 0) is 36.6 Å². The minimum Gasteiger partial charge on any atom is -0.337 e. The van der Waals surface area contributed by atoms with E-state index in [0.717, 1.165) is 17.0 Å². The van der Waals surface area contributed by atoms with Crippen molar-refractivity contribution < 1.29 is 22.5 Å². The van der Waals surface area contributed by atoms with Crippen molar-refractivity contribution in [1.29, 1.82) is 0 Å². The summed E-state index contributed by atoms with van der Waals surface area (Å²) in [5.74, 6) is 0.413. The van der Waals surface area contributed by atoms with E-state index in [9.17, 15) is 18.0 Å². The first-order valence-corrected chi connectivity index (χ1v) is 10.9. The maximum Gasteiger partial charge on any atom is 0.416 e. The minimum atomic E-state index is -4.44. The zero-order valence-corrected chi connectivity index (χ0v) is 18.1. The highest BCUT2D eigenvalue weighted by Crippen LogP contribution is 2.32. The molecule has 0 spiro atoms. The first kappa shape index (κ1) is 22.2. The van der Waals surface area contributed by atoms with Crippen LogP contribution in [0.15, 0.2) is 52.4 Å². The Morgan fingerprint density at radius 2 is 1.97 bits per heavy atom. The van der Waals surface area contributed by atoms with Crippen LogP contribution in [0.1, 0.15) is 29.3 Å². The van der Waals surface area contributed by atoms with Crippen LogP contribution in [0.4, 0.5) is 13.2 Å². The molecule has 1 fully saturated rings. The van der Waals surface area contributed by atoms with Crippen LogP contribution in [0, 0.1) is 0 Å². The van der Waals surface area contributed by atoms with Gasteiger partial charge in [0.1, 0.15) is 0 Å². The predicted octanol–water partition coefficient (Wildman–Crippen LogP) is 4.74. The van der Waals surface area contributed by atoms with E-state index in [0.29, 0.717) is 32.1 Å². The van der Waals surface area contributed by atoms with Crippen molar-refractivity contribution in [3.8, 4) is 11.4 Å². The Labute approximate surface area is 187 Å². The normalized spacial score (nSPS) is 16.6. The van der Waals surface area contributed by atoms with Crippen LogP contribution >= 0.6 is 11.3 Å². The number of alkyl halides is 3. The average molecular weight is 462 g/mol. The van der Waals surface area contributed by atoms with Crippen molar-refractivity contribution in [3.05, 3.63) is 64.2 Å². The van der Waals surface area contributed by atoms with Crippen LogP contribution in [0.5, 0.6) is 0 Å². The Balaban J connectivity index is 1.36. The molecule has 1 saturated heterocycles. The zero-order valence-electron chi connectivity index (χ0n) is 17.2. The average Bonchev–Trinajstić information content (AvgIpc) is 3.49. The maximum absolute atomic E-state index is 13.0. The molecule has 32 heavy (non-hydrogen) atoms. The third-order valence-corrected chi connectivity index (χ3v) is 6.19. The van der Waals surface area contributed by atoms with Gasteiger partial charge in [-0.15, -0.1) is 11.3 Å². The van der Waals surface area contributed by atoms with E-state index >= 15 is 0 Å². The highest BCUT2D eigenvalue weighted by Gasteiger charge is 2.31. The molecule has 0 bridgehead atoms. The van der Waals surface area contributed by atoms with E-state index < -0.39 is 11.7 Å². The second-order valence-electron chi connectivity index (χ2n) is 7.42. The molecule has 1 aromatic carbocycles. The largest absolute Gasteiger partial charge is 0.416 e. The van der Waals surface area contributed by atoms with Crippen LogP contribution in [0.2, 0.25) is 0 Å². The van der Waals surface area contributed by atoms with Crippen LogP contribution < -0.4 is 0 Å². The van der Waals surface area contributed by atoms with Crippen LogP contribution in [-0.2, 0) is 11.0 Å². The zero-order chi connectivity index (χ0) is 22.7. The number of piperazine rings is 1.